The Morgan fingerprint density at radius 1 is 1.21 bits per heavy atom. The largest absolute Gasteiger partial charge is 0.354 e. The molecule has 0 unspecified atom stereocenters. The number of piperidine rings is 3. The Hall–Kier alpha value is -1.39. The summed E-state index contributed by atoms with van der Waals surface area (Å²) in [5.41, 5.74) is 0.930. The maximum Gasteiger partial charge on any atom is 0.240 e. The molecule has 1 saturated carbocycles. The number of fused-ring (bicyclic) bond motifs is 1. The van der Waals surface area contributed by atoms with Gasteiger partial charge in [-0.05, 0) is 55.0 Å². The molecule has 0 aromatic heterocycles. The van der Waals surface area contributed by atoms with Gasteiger partial charge in [-0.15, -0.1) is 0 Å². The maximum absolute atomic E-state index is 13.6. The third-order valence-electron chi connectivity index (χ3n) is 7.51. The summed E-state index contributed by atoms with van der Waals surface area (Å²) < 4.78 is 0. The summed E-state index contributed by atoms with van der Waals surface area (Å²) in [6.45, 7) is 13.1. The number of nitrogens with zero attached hydrogens (tertiary/aromatic N) is 1. The number of benzene rings is 1. The second kappa shape index (κ2) is 8.39. The first-order chi connectivity index (χ1) is 13.9. The average Bonchev–Trinajstić information content (AvgIpc) is 2.70. The zero-order chi connectivity index (χ0) is 20.6. The molecule has 4 fully saturated rings. The van der Waals surface area contributed by atoms with E-state index in [4.69, 9.17) is 0 Å². The first-order valence-corrected chi connectivity index (χ1v) is 11.7. The minimum Gasteiger partial charge on any atom is -0.354 e. The molecule has 1 aromatic rings. The number of nitrogens with one attached hydrogen (secondary N) is 2. The molecule has 29 heavy (non-hydrogen) atoms. The maximum atomic E-state index is 13.6. The van der Waals surface area contributed by atoms with Crippen LogP contribution in [0.15, 0.2) is 30.3 Å². The molecule has 4 heteroatoms. The molecule has 1 aliphatic carbocycles. The Morgan fingerprint density at radius 3 is 2.66 bits per heavy atom. The van der Waals surface area contributed by atoms with Crippen molar-refractivity contribution in [3.63, 3.8) is 0 Å². The van der Waals surface area contributed by atoms with Gasteiger partial charge in [0.05, 0.1) is 0 Å². The van der Waals surface area contributed by atoms with Gasteiger partial charge in [0.2, 0.25) is 5.91 Å². The highest BCUT2D eigenvalue weighted by molar-refractivity contribution is 5.87. The Morgan fingerprint density at radius 2 is 1.97 bits per heavy atom. The van der Waals surface area contributed by atoms with Gasteiger partial charge in [0, 0.05) is 31.6 Å². The fraction of sp³-hybridized carbons (Fsp3) is 0.720. The summed E-state index contributed by atoms with van der Waals surface area (Å²) >= 11 is 0. The van der Waals surface area contributed by atoms with Crippen molar-refractivity contribution in [1.82, 2.24) is 15.5 Å². The van der Waals surface area contributed by atoms with Crippen LogP contribution in [0.5, 0.6) is 0 Å². The van der Waals surface area contributed by atoms with Crippen LogP contribution < -0.4 is 10.6 Å². The van der Waals surface area contributed by atoms with E-state index in [2.05, 4.69) is 73.6 Å². The van der Waals surface area contributed by atoms with Crippen LogP contribution >= 0.6 is 0 Å². The van der Waals surface area contributed by atoms with Crippen LogP contribution in [0.25, 0.3) is 0 Å². The van der Waals surface area contributed by atoms with E-state index in [1.807, 2.05) is 0 Å². The van der Waals surface area contributed by atoms with Gasteiger partial charge in [0.15, 0.2) is 0 Å². The van der Waals surface area contributed by atoms with Crippen LogP contribution in [-0.4, -0.2) is 48.6 Å². The number of carbonyl (C=O) groups excluding carboxylic acids is 1. The molecule has 1 aromatic carbocycles. The van der Waals surface area contributed by atoms with Crippen molar-refractivity contribution in [2.45, 2.75) is 58.5 Å². The zero-order valence-corrected chi connectivity index (χ0v) is 18.7. The van der Waals surface area contributed by atoms with Crippen molar-refractivity contribution >= 4 is 5.91 Å². The lowest BCUT2D eigenvalue weighted by Crippen LogP contribution is -2.79. The molecular weight excluding hydrogens is 358 g/mol. The Balaban J connectivity index is 1.68. The predicted molar refractivity (Wildman–Crippen MR) is 119 cm³/mol. The van der Waals surface area contributed by atoms with Crippen molar-refractivity contribution in [3.05, 3.63) is 35.9 Å². The summed E-state index contributed by atoms with van der Waals surface area (Å²) in [5.74, 6) is 3.05. The second-order valence-electron chi connectivity index (χ2n) is 10.5. The third kappa shape index (κ3) is 3.98. The van der Waals surface area contributed by atoms with Gasteiger partial charge in [0.1, 0.15) is 5.54 Å². The molecule has 0 radical (unpaired) electrons. The average molecular weight is 398 g/mol. The van der Waals surface area contributed by atoms with Crippen LogP contribution in [0, 0.1) is 29.6 Å². The molecule has 4 aliphatic rings. The molecular formula is C25H39N3O. The fourth-order valence-corrected chi connectivity index (χ4v) is 6.34. The molecule has 160 valence electrons. The molecule has 5 rings (SSSR count). The van der Waals surface area contributed by atoms with Gasteiger partial charge in [-0.2, -0.15) is 0 Å². The number of rotatable bonds is 7. The Labute approximate surface area is 176 Å². The number of hydrogen-bond donors (Lipinski definition) is 2. The minimum absolute atomic E-state index is 0.242. The molecule has 3 saturated heterocycles. The Kier molecular flexibility index (Phi) is 6.04. The van der Waals surface area contributed by atoms with Crippen molar-refractivity contribution in [2.75, 3.05) is 26.2 Å². The quantitative estimate of drug-likeness (QED) is 0.742. The molecule has 3 heterocycles. The number of hydrogen-bond acceptors (Lipinski definition) is 3. The highest BCUT2D eigenvalue weighted by Crippen LogP contribution is 2.52. The summed E-state index contributed by atoms with van der Waals surface area (Å²) in [6.07, 6.45) is 3.23. The van der Waals surface area contributed by atoms with Crippen LogP contribution in [0.4, 0.5) is 0 Å². The number of likely N-dealkylation sites (tertiary alicyclic amines) is 1. The van der Waals surface area contributed by atoms with Crippen LogP contribution in [0.1, 0.15) is 46.1 Å². The normalized spacial score (nSPS) is 34.0. The zero-order valence-electron chi connectivity index (χ0n) is 18.7. The van der Waals surface area contributed by atoms with Gasteiger partial charge in [-0.25, -0.2) is 0 Å². The van der Waals surface area contributed by atoms with E-state index in [1.54, 1.807) is 0 Å². The lowest BCUT2D eigenvalue weighted by Gasteiger charge is -2.64. The molecule has 4 nitrogen and oxygen atoms in total. The van der Waals surface area contributed by atoms with Gasteiger partial charge >= 0.3 is 0 Å². The summed E-state index contributed by atoms with van der Waals surface area (Å²) in [7, 11) is 0. The van der Waals surface area contributed by atoms with Crippen molar-refractivity contribution in [1.29, 1.82) is 0 Å². The van der Waals surface area contributed by atoms with E-state index >= 15 is 0 Å². The van der Waals surface area contributed by atoms with Crippen LogP contribution in [0.3, 0.4) is 0 Å². The van der Waals surface area contributed by atoms with E-state index < -0.39 is 5.54 Å². The number of amides is 1. The molecule has 1 amide bonds. The lowest BCUT2D eigenvalue weighted by atomic mass is 9.53. The van der Waals surface area contributed by atoms with E-state index in [0.29, 0.717) is 35.6 Å². The standard InChI is InChI=1S/C25H39N3O/c1-17(2)14-26-24(29)25-13-20-10-11-28(16-18(3)4)23(21(20)15-27-25)22(25)12-19-8-6-5-7-9-19/h5-9,17-18,20-23,27H,10-16H2,1-4H3,(H,26,29)/t20-,21-,22+,23+,25-/m0/s1. The first-order valence-electron chi connectivity index (χ1n) is 11.7. The van der Waals surface area contributed by atoms with Gasteiger partial charge in [0.25, 0.3) is 0 Å². The molecule has 5 atom stereocenters. The van der Waals surface area contributed by atoms with Crippen LogP contribution in [0.2, 0.25) is 0 Å². The van der Waals surface area contributed by atoms with Crippen molar-refractivity contribution in [2.24, 2.45) is 29.6 Å². The molecule has 3 aliphatic heterocycles. The fourth-order valence-electron chi connectivity index (χ4n) is 6.34. The second-order valence-corrected chi connectivity index (χ2v) is 10.5. The van der Waals surface area contributed by atoms with Crippen molar-refractivity contribution < 1.29 is 4.79 Å². The minimum atomic E-state index is -0.426. The highest BCUT2D eigenvalue weighted by Gasteiger charge is 2.62. The smallest absolute Gasteiger partial charge is 0.240 e. The third-order valence-corrected chi connectivity index (χ3v) is 7.51. The molecule has 4 bridgehead atoms. The highest BCUT2D eigenvalue weighted by atomic mass is 16.2. The molecule has 2 N–H and O–H groups in total. The van der Waals surface area contributed by atoms with Gasteiger partial charge < -0.3 is 10.6 Å². The summed E-state index contributed by atoms with van der Waals surface area (Å²) in [5, 5.41) is 7.10. The topological polar surface area (TPSA) is 44.4 Å². The van der Waals surface area contributed by atoms with Crippen molar-refractivity contribution in [3.8, 4) is 0 Å². The van der Waals surface area contributed by atoms with Gasteiger partial charge in [-0.1, -0.05) is 58.0 Å². The van der Waals surface area contributed by atoms with E-state index in [9.17, 15) is 4.79 Å². The first kappa shape index (κ1) is 20.9. The van der Waals surface area contributed by atoms with E-state index in [-0.39, 0.29) is 5.91 Å². The van der Waals surface area contributed by atoms with E-state index in [1.165, 1.54) is 18.5 Å². The van der Waals surface area contributed by atoms with Gasteiger partial charge in [-0.3, -0.25) is 9.69 Å². The SMILES string of the molecule is CC(C)CNC(=O)[C@@]12C[C@@H]3CCN(CC(C)C)[C@H]([C@H]3CN1)[C@H]2Cc1ccccc1. The van der Waals surface area contributed by atoms with Crippen LogP contribution in [-0.2, 0) is 11.2 Å². The Bertz CT molecular complexity index is 703. The summed E-state index contributed by atoms with van der Waals surface area (Å²) in [4.78, 5) is 16.4. The number of carbonyl (C=O) groups is 1. The van der Waals surface area contributed by atoms with E-state index in [0.717, 1.165) is 32.5 Å². The monoisotopic (exact) mass is 397 g/mol. The lowest BCUT2D eigenvalue weighted by molar-refractivity contribution is -0.154. The molecule has 0 spiro atoms. The predicted octanol–water partition coefficient (Wildman–Crippen LogP) is 3.33. The summed E-state index contributed by atoms with van der Waals surface area (Å²) in [6, 6.07) is 11.3.